The van der Waals surface area contributed by atoms with Crippen LogP contribution in [0.25, 0.3) is 16.0 Å². The number of rotatable bonds is 2. The summed E-state index contributed by atoms with van der Waals surface area (Å²) in [7, 11) is 0. The van der Waals surface area contributed by atoms with Crippen LogP contribution in [0.1, 0.15) is 5.76 Å². The van der Waals surface area contributed by atoms with Crippen molar-refractivity contribution in [3.8, 4) is 0 Å². The first-order valence-electron chi connectivity index (χ1n) is 4.11. The SMILES string of the molecule is O=C/C=C(/Cl)c1cc2ccccc2o1. The van der Waals surface area contributed by atoms with Crippen LogP contribution in [0, 0.1) is 0 Å². The summed E-state index contributed by atoms with van der Waals surface area (Å²) in [5.74, 6) is 0.514. The van der Waals surface area contributed by atoms with Crippen LogP contribution in [-0.2, 0) is 4.79 Å². The van der Waals surface area contributed by atoms with E-state index in [0.717, 1.165) is 11.0 Å². The van der Waals surface area contributed by atoms with Gasteiger partial charge >= 0.3 is 0 Å². The van der Waals surface area contributed by atoms with E-state index in [1.54, 1.807) is 6.07 Å². The van der Waals surface area contributed by atoms with Gasteiger partial charge in [-0.3, -0.25) is 4.79 Å². The van der Waals surface area contributed by atoms with Gasteiger partial charge in [0, 0.05) is 11.5 Å². The van der Waals surface area contributed by atoms with Crippen LogP contribution in [0.4, 0.5) is 0 Å². The molecule has 0 unspecified atom stereocenters. The molecule has 0 fully saturated rings. The predicted molar refractivity (Wildman–Crippen MR) is 56.1 cm³/mol. The Morgan fingerprint density at radius 2 is 2.14 bits per heavy atom. The minimum atomic E-state index is 0.316. The van der Waals surface area contributed by atoms with Gasteiger partial charge in [-0.2, -0.15) is 0 Å². The molecule has 2 nitrogen and oxygen atoms in total. The molecule has 1 aromatic heterocycles. The molecule has 0 aliphatic rings. The quantitative estimate of drug-likeness (QED) is 0.558. The summed E-state index contributed by atoms with van der Waals surface area (Å²) in [6, 6.07) is 9.38. The third-order valence-electron chi connectivity index (χ3n) is 1.88. The molecule has 0 bridgehead atoms. The van der Waals surface area contributed by atoms with Crippen molar-refractivity contribution in [1.29, 1.82) is 0 Å². The molecule has 1 aromatic carbocycles. The summed E-state index contributed by atoms with van der Waals surface area (Å²) in [5, 5.41) is 1.29. The molecule has 14 heavy (non-hydrogen) atoms. The number of hydrogen-bond donors (Lipinski definition) is 0. The first-order chi connectivity index (χ1) is 6.81. The fourth-order valence-corrected chi connectivity index (χ4v) is 1.39. The maximum atomic E-state index is 10.2. The van der Waals surface area contributed by atoms with E-state index >= 15 is 0 Å². The van der Waals surface area contributed by atoms with Crippen LogP contribution < -0.4 is 0 Å². The predicted octanol–water partition coefficient (Wildman–Crippen LogP) is 3.21. The van der Waals surface area contributed by atoms with Crippen molar-refractivity contribution in [3.05, 3.63) is 42.2 Å². The van der Waals surface area contributed by atoms with E-state index in [1.807, 2.05) is 24.3 Å². The summed E-state index contributed by atoms with van der Waals surface area (Å²) >= 11 is 5.81. The Labute approximate surface area is 85.8 Å². The van der Waals surface area contributed by atoms with Gasteiger partial charge in [-0.15, -0.1) is 0 Å². The zero-order valence-electron chi connectivity index (χ0n) is 7.24. The Bertz CT molecular complexity index is 464. The van der Waals surface area contributed by atoms with E-state index in [2.05, 4.69) is 0 Å². The minimum Gasteiger partial charge on any atom is -0.455 e. The molecule has 0 atom stereocenters. The molecule has 0 radical (unpaired) electrons. The van der Waals surface area contributed by atoms with E-state index in [1.165, 1.54) is 6.08 Å². The molecule has 0 spiro atoms. The number of aldehydes is 1. The molecule has 0 aliphatic carbocycles. The lowest BCUT2D eigenvalue weighted by Gasteiger charge is -1.88. The number of carbonyl (C=O) groups is 1. The number of benzene rings is 1. The molecule has 2 rings (SSSR count). The minimum absolute atomic E-state index is 0.316. The standard InChI is InChI=1S/C11H7ClO2/c12-9(5-6-13)11-7-8-3-1-2-4-10(8)14-11/h1-7H/b9-5+. The van der Waals surface area contributed by atoms with Gasteiger partial charge < -0.3 is 4.42 Å². The van der Waals surface area contributed by atoms with E-state index < -0.39 is 0 Å². The summed E-state index contributed by atoms with van der Waals surface area (Å²) in [4.78, 5) is 10.2. The number of allylic oxidation sites excluding steroid dienone is 1. The van der Waals surface area contributed by atoms with Crippen LogP contribution in [0.2, 0.25) is 0 Å². The van der Waals surface area contributed by atoms with Gasteiger partial charge in [0.15, 0.2) is 0 Å². The van der Waals surface area contributed by atoms with Crippen molar-refractivity contribution in [3.63, 3.8) is 0 Å². The molecular formula is C11H7ClO2. The Hall–Kier alpha value is -1.54. The Kier molecular flexibility index (Phi) is 2.37. The Morgan fingerprint density at radius 1 is 1.36 bits per heavy atom. The number of para-hydroxylation sites is 1. The van der Waals surface area contributed by atoms with Gasteiger partial charge in [-0.1, -0.05) is 29.8 Å². The van der Waals surface area contributed by atoms with Gasteiger partial charge in [0.25, 0.3) is 0 Å². The lowest BCUT2D eigenvalue weighted by Crippen LogP contribution is -1.70. The summed E-state index contributed by atoms with van der Waals surface area (Å²) in [6.07, 6.45) is 1.90. The summed E-state index contributed by atoms with van der Waals surface area (Å²) < 4.78 is 5.42. The summed E-state index contributed by atoms with van der Waals surface area (Å²) in [6.45, 7) is 0. The van der Waals surface area contributed by atoms with E-state index in [9.17, 15) is 4.79 Å². The first-order valence-corrected chi connectivity index (χ1v) is 4.49. The topological polar surface area (TPSA) is 30.2 Å². The van der Waals surface area contributed by atoms with E-state index in [0.29, 0.717) is 17.1 Å². The second-order valence-electron chi connectivity index (χ2n) is 2.80. The molecule has 3 heteroatoms. The maximum absolute atomic E-state index is 10.2. The smallest absolute Gasteiger partial charge is 0.146 e. The average molecular weight is 207 g/mol. The zero-order chi connectivity index (χ0) is 9.97. The third-order valence-corrected chi connectivity index (χ3v) is 2.19. The summed E-state index contributed by atoms with van der Waals surface area (Å²) in [5.41, 5.74) is 0.764. The first kappa shape index (κ1) is 9.03. The van der Waals surface area contributed by atoms with Crippen molar-refractivity contribution >= 4 is 33.9 Å². The van der Waals surface area contributed by atoms with Crippen LogP contribution >= 0.6 is 11.6 Å². The van der Waals surface area contributed by atoms with Crippen molar-refractivity contribution < 1.29 is 9.21 Å². The molecule has 0 N–H and O–H groups in total. The molecule has 0 amide bonds. The van der Waals surface area contributed by atoms with Crippen molar-refractivity contribution in [1.82, 2.24) is 0 Å². The molecule has 70 valence electrons. The van der Waals surface area contributed by atoms with Gasteiger partial charge in [0.1, 0.15) is 17.6 Å². The second kappa shape index (κ2) is 3.68. The second-order valence-corrected chi connectivity index (χ2v) is 3.21. The number of fused-ring (bicyclic) bond motifs is 1. The maximum Gasteiger partial charge on any atom is 0.146 e. The Morgan fingerprint density at radius 3 is 2.86 bits per heavy atom. The van der Waals surface area contributed by atoms with Crippen LogP contribution in [0.15, 0.2) is 40.8 Å². The highest BCUT2D eigenvalue weighted by atomic mass is 35.5. The zero-order valence-corrected chi connectivity index (χ0v) is 7.99. The van der Waals surface area contributed by atoms with Gasteiger partial charge in [-0.25, -0.2) is 0 Å². The van der Waals surface area contributed by atoms with Gasteiger partial charge in [0.05, 0.1) is 5.03 Å². The average Bonchev–Trinajstić information content (AvgIpc) is 2.61. The normalized spacial score (nSPS) is 11.9. The molecule has 2 aromatic rings. The highest BCUT2D eigenvalue weighted by Gasteiger charge is 2.05. The van der Waals surface area contributed by atoms with Crippen molar-refractivity contribution in [2.45, 2.75) is 0 Å². The molecule has 0 aliphatic heterocycles. The number of halogens is 1. The fourth-order valence-electron chi connectivity index (χ4n) is 1.24. The van der Waals surface area contributed by atoms with Crippen LogP contribution in [-0.4, -0.2) is 6.29 Å². The molecule has 1 heterocycles. The van der Waals surface area contributed by atoms with Crippen molar-refractivity contribution in [2.24, 2.45) is 0 Å². The lowest BCUT2D eigenvalue weighted by molar-refractivity contribution is -0.104. The Balaban J connectivity index is 2.55. The van der Waals surface area contributed by atoms with Crippen LogP contribution in [0.5, 0.6) is 0 Å². The van der Waals surface area contributed by atoms with E-state index in [4.69, 9.17) is 16.0 Å². The highest BCUT2D eigenvalue weighted by molar-refractivity contribution is 6.49. The number of hydrogen-bond acceptors (Lipinski definition) is 2. The highest BCUT2D eigenvalue weighted by Crippen LogP contribution is 2.26. The lowest BCUT2D eigenvalue weighted by atomic mass is 10.2. The van der Waals surface area contributed by atoms with Crippen molar-refractivity contribution in [2.75, 3.05) is 0 Å². The molecule has 0 saturated carbocycles. The third kappa shape index (κ3) is 1.56. The fraction of sp³-hybridized carbons (Fsp3) is 0. The van der Waals surface area contributed by atoms with Gasteiger partial charge in [0.2, 0.25) is 0 Å². The largest absolute Gasteiger partial charge is 0.455 e. The molecule has 0 saturated heterocycles. The number of carbonyl (C=O) groups excluding carboxylic acids is 1. The van der Waals surface area contributed by atoms with Crippen LogP contribution in [0.3, 0.4) is 0 Å². The monoisotopic (exact) mass is 206 g/mol. The van der Waals surface area contributed by atoms with E-state index in [-0.39, 0.29) is 0 Å². The molecular weight excluding hydrogens is 200 g/mol. The van der Waals surface area contributed by atoms with Gasteiger partial charge in [-0.05, 0) is 12.1 Å². The number of furan rings is 1.